The van der Waals surface area contributed by atoms with E-state index < -0.39 is 0 Å². The monoisotopic (exact) mass is 309 g/mol. The maximum Gasteiger partial charge on any atom is 0.0294 e. The van der Waals surface area contributed by atoms with Crippen LogP contribution in [-0.2, 0) is 0 Å². The van der Waals surface area contributed by atoms with E-state index in [1.165, 1.54) is 29.3 Å². The van der Waals surface area contributed by atoms with E-state index >= 15 is 0 Å². The van der Waals surface area contributed by atoms with E-state index in [9.17, 15) is 0 Å². The second-order valence-corrected chi connectivity index (χ2v) is 6.57. The molecule has 0 heterocycles. The molecule has 0 radical (unpaired) electrons. The van der Waals surface area contributed by atoms with Crippen molar-refractivity contribution in [3.63, 3.8) is 0 Å². The van der Waals surface area contributed by atoms with Gasteiger partial charge in [-0.05, 0) is 49.3 Å². The highest BCUT2D eigenvalue weighted by atomic mass is 79.9. The van der Waals surface area contributed by atoms with Gasteiger partial charge in [0.2, 0.25) is 0 Å². The van der Waals surface area contributed by atoms with Gasteiger partial charge in [0.05, 0.1) is 0 Å². The van der Waals surface area contributed by atoms with Crippen LogP contribution in [0.2, 0.25) is 0 Å². The van der Waals surface area contributed by atoms with Crippen LogP contribution < -0.4 is 5.32 Å². The quantitative estimate of drug-likeness (QED) is 0.832. The average molecular weight is 310 g/mol. The number of hydrogen-bond acceptors (Lipinski definition) is 1. The van der Waals surface area contributed by atoms with Crippen molar-refractivity contribution in [2.75, 3.05) is 0 Å². The molecule has 18 heavy (non-hydrogen) atoms. The molecule has 4 atom stereocenters. The lowest BCUT2D eigenvalue weighted by molar-refractivity contribution is 0.327. The first-order valence-corrected chi connectivity index (χ1v) is 7.92. The molecule has 1 nitrogen and oxygen atoms in total. The molecular formula is C16H24BrN. The molecule has 1 aliphatic rings. The van der Waals surface area contributed by atoms with Crippen LogP contribution in [0.3, 0.4) is 0 Å². The third-order valence-electron chi connectivity index (χ3n) is 4.56. The predicted octanol–water partition coefficient (Wildman–Crippen LogP) is 4.92. The summed E-state index contributed by atoms with van der Waals surface area (Å²) in [7, 11) is 0. The van der Waals surface area contributed by atoms with E-state index in [-0.39, 0.29) is 0 Å². The zero-order valence-electron chi connectivity index (χ0n) is 11.6. The summed E-state index contributed by atoms with van der Waals surface area (Å²) in [6.07, 6.45) is 4.04. The zero-order chi connectivity index (χ0) is 13.1. The fourth-order valence-electron chi connectivity index (χ4n) is 3.25. The van der Waals surface area contributed by atoms with Crippen LogP contribution in [0.25, 0.3) is 0 Å². The number of hydrogen-bond donors (Lipinski definition) is 1. The first-order chi connectivity index (χ1) is 8.61. The molecular weight excluding hydrogens is 286 g/mol. The first-order valence-electron chi connectivity index (χ1n) is 7.13. The lowest BCUT2D eigenvalue weighted by atomic mass is 9.93. The molecule has 1 N–H and O–H groups in total. The summed E-state index contributed by atoms with van der Waals surface area (Å²) in [4.78, 5) is 0. The van der Waals surface area contributed by atoms with Crippen LogP contribution in [0.1, 0.15) is 51.6 Å². The summed E-state index contributed by atoms with van der Waals surface area (Å²) >= 11 is 3.55. The van der Waals surface area contributed by atoms with Gasteiger partial charge < -0.3 is 5.32 Å². The summed E-state index contributed by atoms with van der Waals surface area (Å²) in [5.74, 6) is 1.72. The molecule has 1 aliphatic carbocycles. The Morgan fingerprint density at radius 1 is 1.39 bits per heavy atom. The second kappa shape index (κ2) is 6.21. The molecule has 1 aromatic carbocycles. The lowest BCUT2D eigenvalue weighted by Gasteiger charge is -2.25. The van der Waals surface area contributed by atoms with Crippen molar-refractivity contribution in [1.82, 2.24) is 5.32 Å². The number of nitrogens with one attached hydrogen (secondary N) is 1. The Balaban J connectivity index is 1.98. The topological polar surface area (TPSA) is 12.0 Å². The Kier molecular flexibility index (Phi) is 4.85. The van der Waals surface area contributed by atoms with Gasteiger partial charge in [0.25, 0.3) is 0 Å². The van der Waals surface area contributed by atoms with E-state index in [0.29, 0.717) is 12.1 Å². The molecule has 2 rings (SSSR count). The van der Waals surface area contributed by atoms with E-state index in [4.69, 9.17) is 0 Å². The minimum atomic E-state index is 0.436. The summed E-state index contributed by atoms with van der Waals surface area (Å²) < 4.78 is 1.17. The summed E-state index contributed by atoms with van der Waals surface area (Å²) in [5.41, 5.74) is 1.37. The molecule has 0 amide bonds. The highest BCUT2D eigenvalue weighted by Crippen LogP contribution is 2.35. The predicted molar refractivity (Wildman–Crippen MR) is 81.7 cm³/mol. The van der Waals surface area contributed by atoms with Crippen molar-refractivity contribution in [2.45, 2.75) is 52.1 Å². The van der Waals surface area contributed by atoms with Crippen molar-refractivity contribution < 1.29 is 0 Å². The summed E-state index contributed by atoms with van der Waals surface area (Å²) in [5, 5.41) is 3.82. The van der Waals surface area contributed by atoms with Crippen LogP contribution in [-0.4, -0.2) is 6.04 Å². The van der Waals surface area contributed by atoms with Crippen molar-refractivity contribution >= 4 is 15.9 Å². The van der Waals surface area contributed by atoms with Gasteiger partial charge >= 0.3 is 0 Å². The van der Waals surface area contributed by atoms with Gasteiger partial charge in [-0.25, -0.2) is 0 Å². The average Bonchev–Trinajstić information content (AvgIpc) is 2.70. The molecule has 1 aromatic rings. The van der Waals surface area contributed by atoms with Gasteiger partial charge in [0.15, 0.2) is 0 Å². The maximum absolute atomic E-state index is 3.82. The Hall–Kier alpha value is -0.340. The van der Waals surface area contributed by atoms with Crippen molar-refractivity contribution in [3.05, 3.63) is 34.3 Å². The molecule has 2 heteroatoms. The molecule has 0 spiro atoms. The molecule has 1 fully saturated rings. The third-order valence-corrected chi connectivity index (χ3v) is 5.06. The third kappa shape index (κ3) is 3.16. The SMILES string of the molecule is CCC1CCC(NC(C)c2cccc(Br)c2)C1C. The molecule has 0 aliphatic heterocycles. The van der Waals surface area contributed by atoms with E-state index in [2.05, 4.69) is 66.3 Å². The minimum Gasteiger partial charge on any atom is -0.307 e. The Labute approximate surface area is 119 Å². The zero-order valence-corrected chi connectivity index (χ0v) is 13.2. The van der Waals surface area contributed by atoms with Crippen LogP contribution in [0.4, 0.5) is 0 Å². The largest absolute Gasteiger partial charge is 0.307 e. The molecule has 0 aromatic heterocycles. The lowest BCUT2D eigenvalue weighted by Crippen LogP contribution is -2.34. The van der Waals surface area contributed by atoms with Gasteiger partial charge in [-0.1, -0.05) is 48.3 Å². The second-order valence-electron chi connectivity index (χ2n) is 5.65. The summed E-state index contributed by atoms with van der Waals surface area (Å²) in [6, 6.07) is 9.74. The number of rotatable bonds is 4. The summed E-state index contributed by atoms with van der Waals surface area (Å²) in [6.45, 7) is 7.00. The number of halogens is 1. The molecule has 0 bridgehead atoms. The van der Waals surface area contributed by atoms with Crippen LogP contribution in [0.5, 0.6) is 0 Å². The highest BCUT2D eigenvalue weighted by molar-refractivity contribution is 9.10. The fourth-order valence-corrected chi connectivity index (χ4v) is 3.67. The standard InChI is InChI=1S/C16H24BrN/c1-4-13-8-9-16(11(13)2)18-12(3)14-6-5-7-15(17)10-14/h5-7,10-13,16,18H,4,8-9H2,1-3H3. The van der Waals surface area contributed by atoms with Crippen molar-refractivity contribution in [1.29, 1.82) is 0 Å². The van der Waals surface area contributed by atoms with Crippen LogP contribution in [0.15, 0.2) is 28.7 Å². The Bertz CT molecular complexity index is 390. The number of benzene rings is 1. The van der Waals surface area contributed by atoms with E-state index in [1.807, 2.05) is 0 Å². The Morgan fingerprint density at radius 3 is 2.78 bits per heavy atom. The highest BCUT2D eigenvalue weighted by Gasteiger charge is 2.32. The molecule has 4 unspecified atom stereocenters. The Morgan fingerprint density at radius 2 is 2.17 bits per heavy atom. The smallest absolute Gasteiger partial charge is 0.0294 e. The van der Waals surface area contributed by atoms with Crippen LogP contribution >= 0.6 is 15.9 Å². The van der Waals surface area contributed by atoms with Gasteiger partial charge in [-0.15, -0.1) is 0 Å². The first kappa shape index (κ1) is 14.1. The van der Waals surface area contributed by atoms with Crippen LogP contribution in [0, 0.1) is 11.8 Å². The van der Waals surface area contributed by atoms with Gasteiger partial charge in [0, 0.05) is 16.6 Å². The van der Waals surface area contributed by atoms with Crippen molar-refractivity contribution in [2.24, 2.45) is 11.8 Å². The van der Waals surface area contributed by atoms with Gasteiger partial charge in [-0.3, -0.25) is 0 Å². The minimum absolute atomic E-state index is 0.436. The molecule has 0 saturated heterocycles. The van der Waals surface area contributed by atoms with E-state index in [0.717, 1.165) is 11.8 Å². The van der Waals surface area contributed by atoms with Gasteiger partial charge in [-0.2, -0.15) is 0 Å². The molecule has 1 saturated carbocycles. The normalized spacial score (nSPS) is 29.4. The van der Waals surface area contributed by atoms with Gasteiger partial charge in [0.1, 0.15) is 0 Å². The van der Waals surface area contributed by atoms with E-state index in [1.54, 1.807) is 0 Å². The fraction of sp³-hybridized carbons (Fsp3) is 0.625. The maximum atomic E-state index is 3.82. The molecule has 100 valence electrons. The van der Waals surface area contributed by atoms with Crippen molar-refractivity contribution in [3.8, 4) is 0 Å².